The minimum Gasteiger partial charge on any atom is -0.461 e. The number of hydrogen-bond donors (Lipinski definition) is 2. The van der Waals surface area contributed by atoms with E-state index in [4.69, 9.17) is 16.2 Å². The number of nitrogens with two attached hydrogens (primary N) is 2. The van der Waals surface area contributed by atoms with Gasteiger partial charge in [-0.1, -0.05) is 6.42 Å². The van der Waals surface area contributed by atoms with Gasteiger partial charge in [0.15, 0.2) is 17.4 Å². The fourth-order valence-corrected chi connectivity index (χ4v) is 4.99. The number of benzene rings is 2. The molecule has 0 bridgehead atoms. The van der Waals surface area contributed by atoms with Crippen LogP contribution in [0.4, 0.5) is 23.4 Å². The molecule has 218 valence electrons. The number of ether oxygens (including phenoxy) is 1. The van der Waals surface area contributed by atoms with E-state index in [0.717, 1.165) is 62.1 Å². The summed E-state index contributed by atoms with van der Waals surface area (Å²) in [6.07, 6.45) is 5.15. The van der Waals surface area contributed by atoms with Crippen LogP contribution in [0.5, 0.6) is 0 Å². The number of hydrogen-bond acceptors (Lipinski definition) is 6. The molecule has 7 nitrogen and oxygen atoms in total. The molecule has 1 atom stereocenters. The zero-order valence-electron chi connectivity index (χ0n) is 22.5. The quantitative estimate of drug-likeness (QED) is 0.150. The minimum atomic E-state index is -1.18. The first kappa shape index (κ1) is 30.0. The monoisotopic (exact) mass is 573 g/mol. The first-order valence-electron chi connectivity index (χ1n) is 13.4. The Morgan fingerprint density at radius 1 is 0.951 bits per heavy atom. The number of rotatable bonds is 10. The number of halogens is 4. The largest absolute Gasteiger partial charge is 0.461 e. The van der Waals surface area contributed by atoms with Crippen LogP contribution in [0.3, 0.4) is 0 Å². The molecule has 1 aliphatic carbocycles. The molecule has 41 heavy (non-hydrogen) atoms. The van der Waals surface area contributed by atoms with Crippen LogP contribution in [0, 0.1) is 23.3 Å². The third-order valence-electron chi connectivity index (χ3n) is 7.30. The van der Waals surface area contributed by atoms with Crippen LogP contribution in [0.25, 0.3) is 5.69 Å². The van der Waals surface area contributed by atoms with Gasteiger partial charge >= 0.3 is 5.97 Å². The standard InChI is InChI=1S/C30H31F4N3O4/c1-30(36,29(40)41-19-7-2-3-8-19)13-5-4-6-17-14-23(33)26(24(34)15-17)37-25(38)12-11-21(28(37)35)27(39)20-10-9-18(31)16-22(20)32/h9-12,14-16,19H,2-8,13,35-36H2,1H3. The molecule has 4 rings (SSSR count). The molecule has 0 amide bonds. The van der Waals surface area contributed by atoms with Gasteiger partial charge in [0, 0.05) is 12.1 Å². The van der Waals surface area contributed by atoms with Gasteiger partial charge in [0.2, 0.25) is 0 Å². The van der Waals surface area contributed by atoms with Crippen molar-refractivity contribution in [2.75, 3.05) is 5.73 Å². The second kappa shape index (κ2) is 12.3. The zero-order valence-corrected chi connectivity index (χ0v) is 22.5. The molecule has 3 aromatic rings. The van der Waals surface area contributed by atoms with Crippen LogP contribution >= 0.6 is 0 Å². The van der Waals surface area contributed by atoms with E-state index in [-0.39, 0.29) is 12.5 Å². The summed E-state index contributed by atoms with van der Waals surface area (Å²) in [6.45, 7) is 1.60. The smallest absolute Gasteiger partial charge is 0.326 e. The SMILES string of the molecule is CC(N)(CCCCc1cc(F)c(-n2c(N)c(C(=O)c3ccc(F)cc3F)ccc2=O)c(F)c1)C(=O)OC1CCCC1. The maximum absolute atomic E-state index is 15.2. The van der Waals surface area contributed by atoms with Crippen molar-refractivity contribution in [2.24, 2.45) is 5.73 Å². The maximum Gasteiger partial charge on any atom is 0.326 e. The van der Waals surface area contributed by atoms with E-state index >= 15 is 8.78 Å². The number of pyridine rings is 1. The number of aromatic nitrogens is 1. The number of carbonyl (C=O) groups is 2. The molecule has 11 heteroatoms. The van der Waals surface area contributed by atoms with Crippen molar-refractivity contribution in [3.63, 3.8) is 0 Å². The highest BCUT2D eigenvalue weighted by atomic mass is 19.1. The van der Waals surface area contributed by atoms with E-state index in [0.29, 0.717) is 35.5 Å². The summed E-state index contributed by atoms with van der Waals surface area (Å²) in [5, 5.41) is 0. The molecular formula is C30H31F4N3O4. The van der Waals surface area contributed by atoms with Gasteiger partial charge in [0.25, 0.3) is 5.56 Å². The van der Waals surface area contributed by atoms with Crippen LogP contribution in [0.1, 0.15) is 73.4 Å². The van der Waals surface area contributed by atoms with E-state index in [1.165, 1.54) is 0 Å². The predicted molar refractivity (Wildman–Crippen MR) is 145 cm³/mol. The molecule has 1 unspecified atom stereocenters. The summed E-state index contributed by atoms with van der Waals surface area (Å²) >= 11 is 0. The lowest BCUT2D eigenvalue weighted by atomic mass is 9.94. The van der Waals surface area contributed by atoms with Gasteiger partial charge in [-0.2, -0.15) is 0 Å². The number of nitrogen functional groups attached to an aromatic ring is 1. The number of ketones is 1. The Balaban J connectivity index is 1.48. The Kier molecular flexibility index (Phi) is 8.96. The van der Waals surface area contributed by atoms with E-state index in [2.05, 4.69) is 0 Å². The third-order valence-corrected chi connectivity index (χ3v) is 7.30. The molecule has 0 aliphatic heterocycles. The summed E-state index contributed by atoms with van der Waals surface area (Å²) < 4.78 is 63.9. The lowest BCUT2D eigenvalue weighted by Gasteiger charge is -2.24. The lowest BCUT2D eigenvalue weighted by molar-refractivity contribution is -0.155. The van der Waals surface area contributed by atoms with E-state index < -0.39 is 68.8 Å². The molecule has 1 aliphatic rings. The summed E-state index contributed by atoms with van der Waals surface area (Å²) in [6, 6.07) is 6.27. The topological polar surface area (TPSA) is 117 Å². The first-order valence-corrected chi connectivity index (χ1v) is 13.4. The highest BCUT2D eigenvalue weighted by Gasteiger charge is 2.32. The van der Waals surface area contributed by atoms with Crippen molar-refractivity contribution in [1.29, 1.82) is 0 Å². The first-order chi connectivity index (χ1) is 19.4. The molecule has 0 radical (unpaired) electrons. The number of aryl methyl sites for hydroxylation is 1. The van der Waals surface area contributed by atoms with Gasteiger partial charge in [0.05, 0.1) is 11.1 Å². The second-order valence-electron chi connectivity index (χ2n) is 10.6. The van der Waals surface area contributed by atoms with Gasteiger partial charge in [-0.25, -0.2) is 17.6 Å². The summed E-state index contributed by atoms with van der Waals surface area (Å²) in [7, 11) is 0. The van der Waals surface area contributed by atoms with Crippen molar-refractivity contribution in [2.45, 2.75) is 69.9 Å². The van der Waals surface area contributed by atoms with Gasteiger partial charge in [-0.3, -0.25) is 19.0 Å². The molecule has 2 aromatic carbocycles. The Labute approximate surface area is 234 Å². The van der Waals surface area contributed by atoms with Crippen LogP contribution in [-0.2, 0) is 16.0 Å². The van der Waals surface area contributed by atoms with Gasteiger partial charge in [-0.05, 0) is 87.8 Å². The Hall–Kier alpha value is -3.99. The van der Waals surface area contributed by atoms with E-state index in [1.54, 1.807) is 6.92 Å². The molecule has 1 saturated carbocycles. The van der Waals surface area contributed by atoms with Crippen LogP contribution in [-0.4, -0.2) is 28.0 Å². The summed E-state index contributed by atoms with van der Waals surface area (Å²) in [5.41, 5.74) is 8.63. The molecule has 0 spiro atoms. The Bertz CT molecular complexity index is 1510. The zero-order chi connectivity index (χ0) is 29.9. The average Bonchev–Trinajstić information content (AvgIpc) is 3.41. The van der Waals surface area contributed by atoms with Crippen LogP contribution < -0.4 is 17.0 Å². The third kappa shape index (κ3) is 6.67. The molecular weight excluding hydrogens is 542 g/mol. The number of esters is 1. The Morgan fingerprint density at radius 2 is 1.59 bits per heavy atom. The number of anilines is 1. The van der Waals surface area contributed by atoms with Crippen molar-refractivity contribution in [3.8, 4) is 5.69 Å². The van der Waals surface area contributed by atoms with E-state index in [1.807, 2.05) is 0 Å². The summed E-state index contributed by atoms with van der Waals surface area (Å²) in [4.78, 5) is 37.9. The maximum atomic E-state index is 15.2. The van der Waals surface area contributed by atoms with Gasteiger partial charge in [0.1, 0.15) is 34.8 Å². The van der Waals surface area contributed by atoms with Crippen LogP contribution in [0.15, 0.2) is 47.3 Å². The average molecular weight is 574 g/mol. The second-order valence-corrected chi connectivity index (χ2v) is 10.6. The van der Waals surface area contributed by atoms with Gasteiger partial charge < -0.3 is 16.2 Å². The van der Waals surface area contributed by atoms with Crippen molar-refractivity contribution in [1.82, 2.24) is 4.57 Å². The predicted octanol–water partition coefficient (Wildman–Crippen LogP) is 5.12. The normalized spacial score (nSPS) is 15.1. The van der Waals surface area contributed by atoms with Crippen molar-refractivity contribution in [3.05, 3.63) is 92.8 Å². The molecule has 4 N–H and O–H groups in total. The number of carbonyl (C=O) groups excluding carboxylic acids is 2. The fourth-order valence-electron chi connectivity index (χ4n) is 4.99. The van der Waals surface area contributed by atoms with Crippen molar-refractivity contribution >= 4 is 17.6 Å². The number of unbranched alkanes of at least 4 members (excludes halogenated alkanes) is 1. The molecule has 1 fully saturated rings. The number of nitrogens with zero attached hydrogens (tertiary/aromatic N) is 1. The van der Waals surface area contributed by atoms with E-state index in [9.17, 15) is 23.2 Å². The molecule has 1 aromatic heterocycles. The molecule has 0 saturated heterocycles. The van der Waals surface area contributed by atoms with Gasteiger partial charge in [-0.15, -0.1) is 0 Å². The highest BCUT2D eigenvalue weighted by Crippen LogP contribution is 2.27. The fraction of sp³-hybridized carbons (Fsp3) is 0.367. The highest BCUT2D eigenvalue weighted by molar-refractivity contribution is 6.11. The minimum absolute atomic E-state index is 0.0979. The summed E-state index contributed by atoms with van der Waals surface area (Å²) in [5.74, 6) is -6.33. The van der Waals surface area contributed by atoms with Crippen LogP contribution in [0.2, 0.25) is 0 Å². The molecule has 1 heterocycles. The lowest BCUT2D eigenvalue weighted by Crippen LogP contribution is -2.47. The van der Waals surface area contributed by atoms with Crippen molar-refractivity contribution < 1.29 is 31.9 Å². The Morgan fingerprint density at radius 3 is 2.22 bits per heavy atom.